The maximum atomic E-state index is 11.4. The smallest absolute Gasteiger partial charge is 0.345 e. The lowest BCUT2D eigenvalue weighted by Gasteiger charge is -2.17. The van der Waals surface area contributed by atoms with E-state index in [-0.39, 0.29) is 6.42 Å². The summed E-state index contributed by atoms with van der Waals surface area (Å²) in [6.45, 7) is 0. The van der Waals surface area contributed by atoms with Gasteiger partial charge in [0.2, 0.25) is 0 Å². The van der Waals surface area contributed by atoms with E-state index >= 15 is 0 Å². The van der Waals surface area contributed by atoms with E-state index in [0.29, 0.717) is 27.1 Å². The molecule has 0 saturated carbocycles. The van der Waals surface area contributed by atoms with Crippen LogP contribution in [0.15, 0.2) is 42.5 Å². The Morgan fingerprint density at radius 2 is 1.73 bits per heavy atom. The second-order valence-electron chi connectivity index (χ2n) is 4.58. The molecule has 1 atom stereocenters. The molecule has 0 aliphatic carbocycles. The first-order chi connectivity index (χ1) is 10.5. The SMILES string of the molecule is COc1ccccc1O[C@@H](Cc1cc(Cl)cc(Cl)c1)C(=O)O. The number of aliphatic carboxylic acids is 1. The van der Waals surface area contributed by atoms with Crippen molar-refractivity contribution >= 4 is 29.2 Å². The number of hydrogen-bond donors (Lipinski definition) is 1. The van der Waals surface area contributed by atoms with Gasteiger partial charge >= 0.3 is 5.97 Å². The van der Waals surface area contributed by atoms with Crippen LogP contribution in [0.25, 0.3) is 0 Å². The summed E-state index contributed by atoms with van der Waals surface area (Å²) in [6.07, 6.45) is -0.945. The molecular formula is C16H14Cl2O4. The summed E-state index contributed by atoms with van der Waals surface area (Å²) in [5.41, 5.74) is 0.680. The van der Waals surface area contributed by atoms with Crippen LogP contribution >= 0.6 is 23.2 Å². The van der Waals surface area contributed by atoms with E-state index in [0.717, 1.165) is 0 Å². The molecule has 22 heavy (non-hydrogen) atoms. The van der Waals surface area contributed by atoms with Gasteiger partial charge in [0.25, 0.3) is 0 Å². The standard InChI is InChI=1S/C16H14Cl2O4/c1-21-13-4-2-3-5-14(13)22-15(16(19)20)8-10-6-11(17)9-12(18)7-10/h2-7,9,15H,8H2,1H3,(H,19,20)/t15-/m0/s1. The first-order valence-corrected chi connectivity index (χ1v) is 7.22. The first kappa shape index (κ1) is 16.5. The van der Waals surface area contributed by atoms with Crippen LogP contribution in [-0.4, -0.2) is 24.3 Å². The van der Waals surface area contributed by atoms with Crippen LogP contribution in [0.4, 0.5) is 0 Å². The Bertz CT molecular complexity index is 653. The van der Waals surface area contributed by atoms with Crippen LogP contribution in [0.2, 0.25) is 10.0 Å². The quantitative estimate of drug-likeness (QED) is 0.860. The number of carboxylic acids is 1. The van der Waals surface area contributed by atoms with Gasteiger partial charge in [-0.25, -0.2) is 4.79 Å². The Balaban J connectivity index is 2.21. The highest BCUT2D eigenvalue weighted by atomic mass is 35.5. The lowest BCUT2D eigenvalue weighted by atomic mass is 10.1. The third-order valence-corrected chi connectivity index (χ3v) is 3.39. The van der Waals surface area contributed by atoms with E-state index in [1.165, 1.54) is 7.11 Å². The Labute approximate surface area is 138 Å². The van der Waals surface area contributed by atoms with E-state index in [9.17, 15) is 9.90 Å². The minimum absolute atomic E-state index is 0.133. The van der Waals surface area contributed by atoms with Crippen molar-refractivity contribution in [2.24, 2.45) is 0 Å². The van der Waals surface area contributed by atoms with Gasteiger partial charge in [0, 0.05) is 16.5 Å². The number of benzene rings is 2. The fourth-order valence-electron chi connectivity index (χ4n) is 1.99. The van der Waals surface area contributed by atoms with Gasteiger partial charge in [0.15, 0.2) is 17.6 Å². The normalized spacial score (nSPS) is 11.8. The third kappa shape index (κ3) is 4.29. The molecule has 0 fully saturated rings. The maximum absolute atomic E-state index is 11.4. The van der Waals surface area contributed by atoms with E-state index in [4.69, 9.17) is 32.7 Å². The highest BCUT2D eigenvalue weighted by Crippen LogP contribution is 2.28. The van der Waals surface area contributed by atoms with Crippen molar-refractivity contribution in [2.75, 3.05) is 7.11 Å². The van der Waals surface area contributed by atoms with Gasteiger partial charge in [-0.3, -0.25) is 0 Å². The van der Waals surface area contributed by atoms with Crippen molar-refractivity contribution in [3.63, 3.8) is 0 Å². The van der Waals surface area contributed by atoms with Crippen LogP contribution in [0, 0.1) is 0 Å². The number of rotatable bonds is 6. The molecule has 0 aromatic heterocycles. The molecule has 6 heteroatoms. The predicted octanol–water partition coefficient (Wildman–Crippen LogP) is 4.08. The molecule has 0 amide bonds. The first-order valence-electron chi connectivity index (χ1n) is 6.47. The van der Waals surface area contributed by atoms with E-state index in [1.807, 2.05) is 0 Å². The van der Waals surface area contributed by atoms with Crippen molar-refractivity contribution in [3.8, 4) is 11.5 Å². The molecule has 2 rings (SSSR count). The summed E-state index contributed by atoms with van der Waals surface area (Å²) < 4.78 is 10.7. The lowest BCUT2D eigenvalue weighted by molar-refractivity contribution is -0.145. The van der Waals surface area contributed by atoms with Crippen LogP contribution in [-0.2, 0) is 11.2 Å². The molecule has 0 heterocycles. The molecule has 0 aliphatic rings. The van der Waals surface area contributed by atoms with Crippen molar-refractivity contribution in [1.82, 2.24) is 0 Å². The van der Waals surface area contributed by atoms with Gasteiger partial charge in [0.05, 0.1) is 7.11 Å². The van der Waals surface area contributed by atoms with Gasteiger partial charge in [-0.2, -0.15) is 0 Å². The van der Waals surface area contributed by atoms with Crippen LogP contribution in [0.5, 0.6) is 11.5 Å². The number of methoxy groups -OCH3 is 1. The van der Waals surface area contributed by atoms with Gasteiger partial charge in [0.1, 0.15) is 0 Å². The molecule has 0 saturated heterocycles. The summed E-state index contributed by atoms with van der Waals surface area (Å²) in [7, 11) is 1.49. The van der Waals surface area contributed by atoms with Crippen LogP contribution in [0.1, 0.15) is 5.56 Å². The molecule has 0 spiro atoms. The molecule has 0 bridgehead atoms. The maximum Gasteiger partial charge on any atom is 0.345 e. The molecule has 4 nitrogen and oxygen atoms in total. The fraction of sp³-hybridized carbons (Fsp3) is 0.188. The van der Waals surface area contributed by atoms with E-state index < -0.39 is 12.1 Å². The average molecular weight is 341 g/mol. The van der Waals surface area contributed by atoms with Gasteiger partial charge in [-0.1, -0.05) is 35.3 Å². The summed E-state index contributed by atoms with van der Waals surface area (Å²) in [5, 5.41) is 10.3. The molecule has 0 unspecified atom stereocenters. The number of hydrogen-bond acceptors (Lipinski definition) is 3. The monoisotopic (exact) mass is 340 g/mol. The summed E-state index contributed by atoms with van der Waals surface area (Å²) >= 11 is 11.9. The minimum atomic E-state index is -1.08. The Kier molecular flexibility index (Phi) is 5.52. The Morgan fingerprint density at radius 1 is 1.14 bits per heavy atom. The second kappa shape index (κ2) is 7.38. The largest absolute Gasteiger partial charge is 0.493 e. The molecule has 1 N–H and O–H groups in total. The van der Waals surface area contributed by atoms with Crippen molar-refractivity contribution < 1.29 is 19.4 Å². The second-order valence-corrected chi connectivity index (χ2v) is 5.45. The highest BCUT2D eigenvalue weighted by Gasteiger charge is 2.22. The van der Waals surface area contributed by atoms with Gasteiger partial charge in [-0.05, 0) is 35.9 Å². The van der Waals surface area contributed by atoms with E-state index in [1.54, 1.807) is 42.5 Å². The van der Waals surface area contributed by atoms with Gasteiger partial charge < -0.3 is 14.6 Å². The summed E-state index contributed by atoms with van der Waals surface area (Å²) in [4.78, 5) is 11.4. The minimum Gasteiger partial charge on any atom is -0.493 e. The number of ether oxygens (including phenoxy) is 2. The summed E-state index contributed by atoms with van der Waals surface area (Å²) in [5.74, 6) is -0.245. The summed E-state index contributed by atoms with van der Waals surface area (Å²) in [6, 6.07) is 11.8. The predicted molar refractivity (Wildman–Crippen MR) is 85.2 cm³/mol. The molecule has 2 aromatic carbocycles. The molecule has 116 valence electrons. The highest BCUT2D eigenvalue weighted by molar-refractivity contribution is 6.34. The number of carboxylic acid groups (broad SMARTS) is 1. The topological polar surface area (TPSA) is 55.8 Å². The van der Waals surface area contributed by atoms with Crippen molar-refractivity contribution in [1.29, 1.82) is 0 Å². The third-order valence-electron chi connectivity index (χ3n) is 2.96. The molecule has 2 aromatic rings. The molecule has 0 radical (unpaired) electrons. The average Bonchev–Trinajstić information content (AvgIpc) is 2.46. The van der Waals surface area contributed by atoms with E-state index in [2.05, 4.69) is 0 Å². The number of carbonyl (C=O) groups is 1. The molecule has 0 aliphatic heterocycles. The number of para-hydroxylation sites is 2. The van der Waals surface area contributed by atoms with Crippen LogP contribution in [0.3, 0.4) is 0 Å². The zero-order chi connectivity index (χ0) is 16.1. The molecular weight excluding hydrogens is 327 g/mol. The lowest BCUT2D eigenvalue weighted by Crippen LogP contribution is -2.29. The number of halogens is 2. The van der Waals surface area contributed by atoms with Crippen LogP contribution < -0.4 is 9.47 Å². The fourth-order valence-corrected chi connectivity index (χ4v) is 2.56. The Morgan fingerprint density at radius 3 is 2.27 bits per heavy atom. The van der Waals surface area contributed by atoms with Gasteiger partial charge in [-0.15, -0.1) is 0 Å². The van der Waals surface area contributed by atoms with Crippen molar-refractivity contribution in [3.05, 3.63) is 58.1 Å². The van der Waals surface area contributed by atoms with Crippen molar-refractivity contribution in [2.45, 2.75) is 12.5 Å². The Hall–Kier alpha value is -1.91. The zero-order valence-electron chi connectivity index (χ0n) is 11.8. The zero-order valence-corrected chi connectivity index (χ0v) is 13.3.